The zero-order valence-corrected chi connectivity index (χ0v) is 11.3. The summed E-state index contributed by atoms with van der Waals surface area (Å²) in [4.78, 5) is 6.79. The number of aliphatic hydroxyl groups excluding tert-OH is 1. The molecule has 102 valence electrons. The second-order valence-corrected chi connectivity index (χ2v) is 5.34. The standard InChI is InChI=1S/C13H23N3O2/c1-10(2)13-14-12(15-18-13)9-16(7-4-8-17)11-5-3-6-11/h10-11,17H,3-9H2,1-2H3. The molecule has 1 saturated carbocycles. The van der Waals surface area contributed by atoms with E-state index in [1.165, 1.54) is 19.3 Å². The van der Waals surface area contributed by atoms with Crippen LogP contribution in [-0.2, 0) is 6.54 Å². The molecule has 0 saturated heterocycles. The van der Waals surface area contributed by atoms with Crippen LogP contribution in [0.25, 0.3) is 0 Å². The van der Waals surface area contributed by atoms with E-state index in [0.717, 1.165) is 25.3 Å². The first-order chi connectivity index (χ1) is 8.70. The molecule has 0 amide bonds. The summed E-state index contributed by atoms with van der Waals surface area (Å²) in [6, 6.07) is 0.637. The summed E-state index contributed by atoms with van der Waals surface area (Å²) in [7, 11) is 0. The van der Waals surface area contributed by atoms with Crippen molar-refractivity contribution in [1.29, 1.82) is 0 Å². The predicted octanol–water partition coefficient (Wildman–Crippen LogP) is 1.93. The lowest BCUT2D eigenvalue weighted by atomic mass is 9.91. The first-order valence-corrected chi connectivity index (χ1v) is 6.88. The van der Waals surface area contributed by atoms with Crippen molar-refractivity contribution in [3.8, 4) is 0 Å². The molecule has 5 nitrogen and oxygen atoms in total. The van der Waals surface area contributed by atoms with E-state index in [2.05, 4.69) is 15.0 Å². The molecule has 2 rings (SSSR count). The van der Waals surface area contributed by atoms with Crippen LogP contribution in [0, 0.1) is 0 Å². The third-order valence-corrected chi connectivity index (χ3v) is 3.52. The van der Waals surface area contributed by atoms with Crippen LogP contribution >= 0.6 is 0 Å². The molecule has 1 aliphatic carbocycles. The second kappa shape index (κ2) is 6.29. The molecule has 0 aliphatic heterocycles. The smallest absolute Gasteiger partial charge is 0.229 e. The molecule has 0 bridgehead atoms. The molecular weight excluding hydrogens is 230 g/mol. The van der Waals surface area contributed by atoms with E-state index in [0.29, 0.717) is 11.9 Å². The summed E-state index contributed by atoms with van der Waals surface area (Å²) < 4.78 is 5.23. The van der Waals surface area contributed by atoms with Gasteiger partial charge in [-0.25, -0.2) is 0 Å². The van der Waals surface area contributed by atoms with E-state index in [-0.39, 0.29) is 12.5 Å². The van der Waals surface area contributed by atoms with Crippen molar-refractivity contribution in [3.05, 3.63) is 11.7 Å². The molecule has 1 aromatic heterocycles. The molecule has 0 atom stereocenters. The molecule has 0 unspecified atom stereocenters. The van der Waals surface area contributed by atoms with E-state index in [9.17, 15) is 0 Å². The van der Waals surface area contributed by atoms with Crippen LogP contribution in [0.1, 0.15) is 57.2 Å². The Labute approximate surface area is 108 Å². The van der Waals surface area contributed by atoms with Gasteiger partial charge in [-0.05, 0) is 19.3 Å². The fourth-order valence-electron chi connectivity index (χ4n) is 2.16. The summed E-state index contributed by atoms with van der Waals surface area (Å²) in [6.45, 7) is 5.99. The third kappa shape index (κ3) is 3.29. The van der Waals surface area contributed by atoms with Gasteiger partial charge in [-0.15, -0.1) is 0 Å². The molecule has 1 aliphatic rings. The minimum absolute atomic E-state index is 0.243. The largest absolute Gasteiger partial charge is 0.396 e. The number of hydrogen-bond acceptors (Lipinski definition) is 5. The summed E-state index contributed by atoms with van der Waals surface area (Å²) in [5, 5.41) is 13.0. The highest BCUT2D eigenvalue weighted by Gasteiger charge is 2.26. The normalized spacial score (nSPS) is 16.5. The van der Waals surface area contributed by atoms with E-state index in [1.54, 1.807) is 0 Å². The van der Waals surface area contributed by atoms with Gasteiger partial charge >= 0.3 is 0 Å². The number of aromatic nitrogens is 2. The lowest BCUT2D eigenvalue weighted by Gasteiger charge is -2.36. The lowest BCUT2D eigenvalue weighted by Crippen LogP contribution is -2.40. The van der Waals surface area contributed by atoms with Crippen LogP contribution in [0.15, 0.2) is 4.52 Å². The SMILES string of the molecule is CC(C)c1nc(CN(CCCO)C2CCC2)no1. The fourth-order valence-corrected chi connectivity index (χ4v) is 2.16. The Morgan fingerprint density at radius 3 is 2.72 bits per heavy atom. The molecule has 0 aromatic carbocycles. The van der Waals surface area contributed by atoms with Gasteiger partial charge in [-0.1, -0.05) is 25.4 Å². The van der Waals surface area contributed by atoms with Crippen LogP contribution in [0.5, 0.6) is 0 Å². The minimum atomic E-state index is 0.243. The number of rotatable bonds is 7. The van der Waals surface area contributed by atoms with Gasteiger partial charge in [0, 0.05) is 25.1 Å². The van der Waals surface area contributed by atoms with Crippen molar-refractivity contribution >= 4 is 0 Å². The van der Waals surface area contributed by atoms with Gasteiger partial charge in [0.2, 0.25) is 5.89 Å². The Kier molecular flexibility index (Phi) is 4.72. The fraction of sp³-hybridized carbons (Fsp3) is 0.846. The van der Waals surface area contributed by atoms with Gasteiger partial charge in [-0.2, -0.15) is 4.98 Å². The first-order valence-electron chi connectivity index (χ1n) is 6.88. The molecular formula is C13H23N3O2. The number of hydrogen-bond donors (Lipinski definition) is 1. The Hall–Kier alpha value is -0.940. The topological polar surface area (TPSA) is 62.4 Å². The summed E-state index contributed by atoms with van der Waals surface area (Å²) >= 11 is 0. The maximum absolute atomic E-state index is 8.95. The Bertz CT molecular complexity index is 361. The van der Waals surface area contributed by atoms with E-state index in [1.807, 2.05) is 13.8 Å². The van der Waals surface area contributed by atoms with Crippen molar-refractivity contribution in [3.63, 3.8) is 0 Å². The van der Waals surface area contributed by atoms with Crippen LogP contribution < -0.4 is 0 Å². The first kappa shape index (κ1) is 13.5. The predicted molar refractivity (Wildman–Crippen MR) is 68.1 cm³/mol. The summed E-state index contributed by atoms with van der Waals surface area (Å²) in [6.07, 6.45) is 4.62. The molecule has 1 N–H and O–H groups in total. The Balaban J connectivity index is 1.93. The number of aliphatic hydroxyl groups is 1. The molecule has 1 aromatic rings. The van der Waals surface area contributed by atoms with Crippen LogP contribution in [-0.4, -0.2) is 39.3 Å². The molecule has 1 heterocycles. The average molecular weight is 253 g/mol. The van der Waals surface area contributed by atoms with Crippen molar-refractivity contribution in [2.75, 3.05) is 13.2 Å². The molecule has 0 radical (unpaired) electrons. The van der Waals surface area contributed by atoms with Crippen LogP contribution in [0.3, 0.4) is 0 Å². The Morgan fingerprint density at radius 1 is 1.44 bits per heavy atom. The van der Waals surface area contributed by atoms with Crippen molar-refractivity contribution in [1.82, 2.24) is 15.0 Å². The van der Waals surface area contributed by atoms with Gasteiger partial charge in [0.25, 0.3) is 0 Å². The Morgan fingerprint density at radius 2 is 2.22 bits per heavy atom. The van der Waals surface area contributed by atoms with Gasteiger partial charge in [0.1, 0.15) is 0 Å². The summed E-state index contributed by atoms with van der Waals surface area (Å²) in [5.74, 6) is 1.75. The average Bonchev–Trinajstić information content (AvgIpc) is 2.72. The van der Waals surface area contributed by atoms with E-state index in [4.69, 9.17) is 9.63 Å². The van der Waals surface area contributed by atoms with Crippen LogP contribution in [0.2, 0.25) is 0 Å². The highest BCUT2D eigenvalue weighted by atomic mass is 16.5. The summed E-state index contributed by atoms with van der Waals surface area (Å²) in [5.41, 5.74) is 0. The van der Waals surface area contributed by atoms with E-state index < -0.39 is 0 Å². The third-order valence-electron chi connectivity index (χ3n) is 3.52. The van der Waals surface area contributed by atoms with Gasteiger partial charge in [-0.3, -0.25) is 4.90 Å². The van der Waals surface area contributed by atoms with Crippen molar-refractivity contribution < 1.29 is 9.63 Å². The molecule has 18 heavy (non-hydrogen) atoms. The zero-order valence-electron chi connectivity index (χ0n) is 11.3. The lowest BCUT2D eigenvalue weighted by molar-refractivity contribution is 0.105. The zero-order chi connectivity index (χ0) is 13.0. The van der Waals surface area contributed by atoms with Gasteiger partial charge in [0.05, 0.1) is 6.54 Å². The van der Waals surface area contributed by atoms with Gasteiger partial charge in [0.15, 0.2) is 5.82 Å². The minimum Gasteiger partial charge on any atom is -0.396 e. The van der Waals surface area contributed by atoms with Gasteiger partial charge < -0.3 is 9.63 Å². The monoisotopic (exact) mass is 253 g/mol. The molecule has 0 spiro atoms. The highest BCUT2D eigenvalue weighted by molar-refractivity contribution is 4.92. The van der Waals surface area contributed by atoms with Crippen molar-refractivity contribution in [2.24, 2.45) is 0 Å². The number of nitrogens with zero attached hydrogens (tertiary/aromatic N) is 3. The van der Waals surface area contributed by atoms with Crippen molar-refractivity contribution in [2.45, 2.75) is 58.0 Å². The molecule has 1 fully saturated rings. The maximum atomic E-state index is 8.95. The maximum Gasteiger partial charge on any atom is 0.229 e. The van der Waals surface area contributed by atoms with E-state index >= 15 is 0 Å². The quantitative estimate of drug-likeness (QED) is 0.804. The second-order valence-electron chi connectivity index (χ2n) is 5.34. The highest BCUT2D eigenvalue weighted by Crippen LogP contribution is 2.26. The van der Waals surface area contributed by atoms with Crippen LogP contribution in [0.4, 0.5) is 0 Å². The molecule has 5 heteroatoms.